The summed E-state index contributed by atoms with van der Waals surface area (Å²) in [4.78, 5) is 23.7. The number of hydrogen-bond donors (Lipinski definition) is 2. The highest BCUT2D eigenvalue weighted by Gasteiger charge is 2.13. The summed E-state index contributed by atoms with van der Waals surface area (Å²) in [5, 5.41) is 2.78. The number of anilines is 1. The number of nitrogens with one attached hydrogen (secondary N) is 1. The topological polar surface area (TPSA) is 81.4 Å². The van der Waals surface area contributed by atoms with Gasteiger partial charge in [0.15, 0.2) is 6.61 Å². The third-order valence-corrected chi connectivity index (χ3v) is 3.76. The number of nitrogens with two attached hydrogens (primary N) is 1. The molecule has 5 nitrogen and oxygen atoms in total. The van der Waals surface area contributed by atoms with Crippen LogP contribution in [0.1, 0.15) is 28.9 Å². The molecule has 0 fully saturated rings. The minimum absolute atomic E-state index is 0.175. The lowest BCUT2D eigenvalue weighted by Gasteiger charge is -2.14. The van der Waals surface area contributed by atoms with Gasteiger partial charge >= 0.3 is 5.97 Å². The number of halogens is 1. The van der Waals surface area contributed by atoms with Crippen molar-refractivity contribution in [3.8, 4) is 0 Å². The van der Waals surface area contributed by atoms with Crippen LogP contribution in [0.3, 0.4) is 0 Å². The Bertz CT molecular complexity index is 684. The number of carbonyl (C=O) groups excluding carboxylic acids is 2. The average Bonchev–Trinajstić information content (AvgIpc) is 2.54. The number of esters is 1. The Morgan fingerprint density at radius 1 is 1.13 bits per heavy atom. The molecule has 0 bridgehead atoms. The smallest absolute Gasteiger partial charge is 0.338 e. The summed E-state index contributed by atoms with van der Waals surface area (Å²) in [5.41, 5.74) is 7.43. The van der Waals surface area contributed by atoms with E-state index in [0.29, 0.717) is 11.3 Å². The maximum Gasteiger partial charge on any atom is 0.338 e. The summed E-state index contributed by atoms with van der Waals surface area (Å²) in [7, 11) is 0. The number of nitrogen functional groups attached to an aromatic ring is 1. The Kier molecular flexibility index (Phi) is 5.76. The lowest BCUT2D eigenvalue weighted by molar-refractivity contribution is -0.124. The van der Waals surface area contributed by atoms with Crippen molar-refractivity contribution in [3.63, 3.8) is 0 Å². The molecule has 0 unspecified atom stereocenters. The summed E-state index contributed by atoms with van der Waals surface area (Å²) in [6.45, 7) is 1.53. The Labute approximate surface area is 143 Å². The van der Waals surface area contributed by atoms with E-state index in [9.17, 15) is 9.59 Å². The Morgan fingerprint density at radius 3 is 2.35 bits per heavy atom. The van der Waals surface area contributed by atoms with Crippen molar-refractivity contribution in [2.45, 2.75) is 13.0 Å². The molecule has 120 valence electrons. The summed E-state index contributed by atoms with van der Waals surface area (Å²) < 4.78 is 5.96. The highest BCUT2D eigenvalue weighted by Crippen LogP contribution is 2.16. The van der Waals surface area contributed by atoms with Gasteiger partial charge in [-0.1, -0.05) is 28.1 Å². The van der Waals surface area contributed by atoms with E-state index < -0.39 is 5.97 Å². The number of benzene rings is 2. The quantitative estimate of drug-likeness (QED) is 0.620. The minimum atomic E-state index is -0.559. The molecule has 2 aromatic carbocycles. The predicted molar refractivity (Wildman–Crippen MR) is 91.8 cm³/mol. The van der Waals surface area contributed by atoms with E-state index in [1.165, 1.54) is 0 Å². The molecule has 3 N–H and O–H groups in total. The van der Waals surface area contributed by atoms with E-state index in [4.69, 9.17) is 10.5 Å². The molecule has 2 rings (SSSR count). The van der Waals surface area contributed by atoms with Crippen LogP contribution in [-0.4, -0.2) is 18.5 Å². The molecule has 0 heterocycles. The zero-order valence-corrected chi connectivity index (χ0v) is 14.2. The fourth-order valence-electron chi connectivity index (χ4n) is 1.95. The number of ether oxygens (including phenoxy) is 1. The molecule has 6 heteroatoms. The van der Waals surface area contributed by atoms with Gasteiger partial charge in [-0.2, -0.15) is 0 Å². The second kappa shape index (κ2) is 7.78. The van der Waals surface area contributed by atoms with Crippen molar-refractivity contribution in [1.29, 1.82) is 0 Å². The van der Waals surface area contributed by atoms with Crippen LogP contribution in [0.4, 0.5) is 5.69 Å². The number of rotatable bonds is 5. The maximum absolute atomic E-state index is 11.9. The lowest BCUT2D eigenvalue weighted by atomic mass is 10.1. The van der Waals surface area contributed by atoms with Crippen LogP contribution in [-0.2, 0) is 9.53 Å². The standard InChI is InChI=1S/C17H17BrN2O3/c1-11(12-2-6-14(18)7-3-12)20-16(21)10-23-17(22)13-4-8-15(19)9-5-13/h2-9,11H,10,19H2,1H3,(H,20,21)/t11-/m0/s1. The van der Waals surface area contributed by atoms with Crippen LogP contribution >= 0.6 is 15.9 Å². The monoisotopic (exact) mass is 376 g/mol. The summed E-state index contributed by atoms with van der Waals surface area (Å²) in [5.74, 6) is -0.916. The van der Waals surface area contributed by atoms with Gasteiger partial charge in [-0.3, -0.25) is 4.79 Å². The third kappa shape index (κ3) is 5.10. The molecule has 2 aromatic rings. The SMILES string of the molecule is C[C@H](NC(=O)COC(=O)c1ccc(N)cc1)c1ccc(Br)cc1. The van der Waals surface area contributed by atoms with E-state index in [1.54, 1.807) is 24.3 Å². The second-order valence-corrected chi connectivity index (χ2v) is 5.95. The predicted octanol–water partition coefficient (Wildman–Crippen LogP) is 3.07. The van der Waals surface area contributed by atoms with Crippen molar-refractivity contribution in [2.75, 3.05) is 12.3 Å². The van der Waals surface area contributed by atoms with Gasteiger partial charge < -0.3 is 15.8 Å². The highest BCUT2D eigenvalue weighted by molar-refractivity contribution is 9.10. The van der Waals surface area contributed by atoms with E-state index in [2.05, 4.69) is 21.2 Å². The number of carbonyl (C=O) groups is 2. The van der Waals surface area contributed by atoms with Crippen molar-refractivity contribution < 1.29 is 14.3 Å². The van der Waals surface area contributed by atoms with E-state index in [0.717, 1.165) is 10.0 Å². The molecule has 1 atom stereocenters. The van der Waals surface area contributed by atoms with Gasteiger partial charge in [-0.25, -0.2) is 4.79 Å². The zero-order chi connectivity index (χ0) is 16.8. The minimum Gasteiger partial charge on any atom is -0.452 e. The molecule has 0 spiro atoms. The van der Waals surface area contributed by atoms with Crippen LogP contribution in [0.5, 0.6) is 0 Å². The van der Waals surface area contributed by atoms with Gasteiger partial charge in [0.05, 0.1) is 11.6 Å². The molecule has 1 amide bonds. The van der Waals surface area contributed by atoms with Crippen LogP contribution in [0.25, 0.3) is 0 Å². The molecular weight excluding hydrogens is 360 g/mol. The first-order valence-electron chi connectivity index (χ1n) is 7.03. The molecule has 0 aliphatic heterocycles. The molecule has 0 aliphatic rings. The first kappa shape index (κ1) is 17.0. The van der Waals surface area contributed by atoms with Crippen molar-refractivity contribution >= 4 is 33.5 Å². The van der Waals surface area contributed by atoms with Gasteiger partial charge in [-0.05, 0) is 48.9 Å². The second-order valence-electron chi connectivity index (χ2n) is 5.04. The fraction of sp³-hybridized carbons (Fsp3) is 0.176. The Balaban J connectivity index is 1.83. The number of hydrogen-bond acceptors (Lipinski definition) is 4. The van der Waals surface area contributed by atoms with Crippen molar-refractivity contribution in [2.24, 2.45) is 0 Å². The van der Waals surface area contributed by atoms with E-state index in [1.807, 2.05) is 31.2 Å². The average molecular weight is 377 g/mol. The van der Waals surface area contributed by atoms with Gasteiger partial charge in [0, 0.05) is 10.2 Å². The zero-order valence-electron chi connectivity index (χ0n) is 12.6. The first-order chi connectivity index (χ1) is 11.0. The fourth-order valence-corrected chi connectivity index (χ4v) is 2.22. The Hall–Kier alpha value is -2.34. The van der Waals surface area contributed by atoms with Gasteiger partial charge in [-0.15, -0.1) is 0 Å². The number of amides is 1. The molecule has 0 aliphatic carbocycles. The molecule has 23 heavy (non-hydrogen) atoms. The first-order valence-corrected chi connectivity index (χ1v) is 7.82. The lowest BCUT2D eigenvalue weighted by Crippen LogP contribution is -2.31. The van der Waals surface area contributed by atoms with E-state index >= 15 is 0 Å². The maximum atomic E-state index is 11.9. The summed E-state index contributed by atoms with van der Waals surface area (Å²) in [6, 6.07) is 13.8. The largest absolute Gasteiger partial charge is 0.452 e. The summed E-state index contributed by atoms with van der Waals surface area (Å²) in [6.07, 6.45) is 0. The van der Waals surface area contributed by atoms with Gasteiger partial charge in [0.1, 0.15) is 0 Å². The van der Waals surface area contributed by atoms with Crippen molar-refractivity contribution in [1.82, 2.24) is 5.32 Å². The molecule has 0 saturated carbocycles. The highest BCUT2D eigenvalue weighted by atomic mass is 79.9. The van der Waals surface area contributed by atoms with E-state index in [-0.39, 0.29) is 18.6 Å². The normalized spacial score (nSPS) is 11.6. The van der Waals surface area contributed by atoms with Crippen LogP contribution in [0.15, 0.2) is 53.0 Å². The third-order valence-electron chi connectivity index (χ3n) is 3.23. The van der Waals surface area contributed by atoms with Crippen molar-refractivity contribution in [3.05, 3.63) is 64.1 Å². The molecule has 0 saturated heterocycles. The van der Waals surface area contributed by atoms with Crippen LogP contribution in [0, 0.1) is 0 Å². The Morgan fingerprint density at radius 2 is 1.74 bits per heavy atom. The van der Waals surface area contributed by atoms with Gasteiger partial charge in [0.25, 0.3) is 5.91 Å². The van der Waals surface area contributed by atoms with Crippen LogP contribution in [0.2, 0.25) is 0 Å². The molecule has 0 aromatic heterocycles. The molecular formula is C17H17BrN2O3. The molecule has 0 radical (unpaired) electrons. The van der Waals surface area contributed by atoms with Crippen LogP contribution < -0.4 is 11.1 Å². The summed E-state index contributed by atoms with van der Waals surface area (Å²) >= 11 is 3.36. The van der Waals surface area contributed by atoms with Gasteiger partial charge in [0.2, 0.25) is 0 Å².